The Balaban J connectivity index is 1.56. The van der Waals surface area contributed by atoms with Gasteiger partial charge in [-0.2, -0.15) is 0 Å². The van der Waals surface area contributed by atoms with Gasteiger partial charge in [-0.25, -0.2) is 0 Å². The number of hydrogen-bond donors (Lipinski definition) is 2. The highest BCUT2D eigenvalue weighted by Gasteiger charge is 2.17. The van der Waals surface area contributed by atoms with Crippen LogP contribution in [0.4, 0.5) is 0 Å². The zero-order chi connectivity index (χ0) is 20.6. The Hall–Kier alpha value is -2.35. The topological polar surface area (TPSA) is 76.8 Å². The third-order valence-electron chi connectivity index (χ3n) is 4.66. The Morgan fingerprint density at radius 2 is 1.79 bits per heavy atom. The quantitative estimate of drug-likeness (QED) is 0.395. The Morgan fingerprint density at radius 3 is 2.45 bits per heavy atom. The summed E-state index contributed by atoms with van der Waals surface area (Å²) in [5.74, 6) is 2.59. The molecule has 0 amide bonds. The molecule has 0 saturated carbocycles. The van der Waals surface area contributed by atoms with E-state index in [1.165, 1.54) is 0 Å². The van der Waals surface area contributed by atoms with Crippen molar-refractivity contribution in [2.24, 2.45) is 0 Å². The molecular formula is C22H29N4O2S+. The average molecular weight is 414 g/mol. The van der Waals surface area contributed by atoms with Crippen LogP contribution in [-0.4, -0.2) is 45.8 Å². The van der Waals surface area contributed by atoms with E-state index >= 15 is 0 Å². The van der Waals surface area contributed by atoms with Gasteiger partial charge in [0.15, 0.2) is 11.0 Å². The SMILES string of the molecule is COc1ccc(-c2nnc(SCC[NH2+]C[C@H](O)c3ccccc3)n2C(C)C)cc1. The maximum absolute atomic E-state index is 10.2. The monoisotopic (exact) mass is 413 g/mol. The van der Waals surface area contributed by atoms with E-state index in [9.17, 15) is 5.11 Å². The summed E-state index contributed by atoms with van der Waals surface area (Å²) in [5.41, 5.74) is 1.98. The Labute approximate surface area is 176 Å². The fraction of sp³-hybridized carbons (Fsp3) is 0.364. The second-order valence-corrected chi connectivity index (χ2v) is 8.15. The maximum atomic E-state index is 10.2. The van der Waals surface area contributed by atoms with Gasteiger partial charge in [-0.3, -0.25) is 4.57 Å². The molecule has 0 fully saturated rings. The van der Waals surface area contributed by atoms with Gasteiger partial charge < -0.3 is 15.2 Å². The molecule has 0 spiro atoms. The molecule has 2 aromatic carbocycles. The molecule has 0 saturated heterocycles. The highest BCUT2D eigenvalue weighted by molar-refractivity contribution is 7.99. The second kappa shape index (κ2) is 10.4. The number of aliphatic hydroxyl groups is 1. The van der Waals surface area contributed by atoms with Gasteiger partial charge >= 0.3 is 0 Å². The van der Waals surface area contributed by atoms with Crippen molar-refractivity contribution in [3.8, 4) is 17.1 Å². The molecule has 3 N–H and O–H groups in total. The van der Waals surface area contributed by atoms with E-state index in [0.717, 1.165) is 40.2 Å². The molecule has 7 heteroatoms. The summed E-state index contributed by atoms with van der Waals surface area (Å²) < 4.78 is 7.41. The molecule has 3 rings (SSSR count). The van der Waals surface area contributed by atoms with Crippen LogP contribution in [0.25, 0.3) is 11.4 Å². The lowest BCUT2D eigenvalue weighted by Crippen LogP contribution is -2.85. The molecule has 0 aliphatic carbocycles. The van der Waals surface area contributed by atoms with E-state index < -0.39 is 6.10 Å². The summed E-state index contributed by atoms with van der Waals surface area (Å²) >= 11 is 1.70. The van der Waals surface area contributed by atoms with Gasteiger partial charge in [0.05, 0.1) is 19.4 Å². The molecule has 3 aromatic rings. The number of hydrogen-bond acceptors (Lipinski definition) is 5. The molecule has 0 bridgehead atoms. The third kappa shape index (κ3) is 5.59. The average Bonchev–Trinajstić information content (AvgIpc) is 3.18. The number of rotatable bonds is 10. The van der Waals surface area contributed by atoms with Gasteiger partial charge in [-0.15, -0.1) is 10.2 Å². The number of methoxy groups -OCH3 is 1. The smallest absolute Gasteiger partial charge is 0.191 e. The number of thioether (sulfide) groups is 1. The summed E-state index contributed by atoms with van der Waals surface area (Å²) in [6.07, 6.45) is -0.442. The Bertz CT molecular complexity index is 882. The van der Waals surface area contributed by atoms with Crippen molar-refractivity contribution in [1.82, 2.24) is 14.8 Å². The van der Waals surface area contributed by atoms with Crippen molar-refractivity contribution in [2.75, 3.05) is 26.0 Å². The van der Waals surface area contributed by atoms with Gasteiger partial charge in [0.1, 0.15) is 18.4 Å². The molecule has 0 unspecified atom stereocenters. The first-order valence-corrected chi connectivity index (χ1v) is 10.9. The summed E-state index contributed by atoms with van der Waals surface area (Å²) in [6.45, 7) is 5.83. The molecule has 1 atom stereocenters. The molecule has 1 aromatic heterocycles. The summed E-state index contributed by atoms with van der Waals surface area (Å²) in [7, 11) is 1.66. The van der Waals surface area contributed by atoms with Crippen LogP contribution in [0.15, 0.2) is 59.8 Å². The molecule has 0 aliphatic rings. The fourth-order valence-electron chi connectivity index (χ4n) is 3.10. The zero-order valence-corrected chi connectivity index (χ0v) is 18.0. The minimum atomic E-state index is -0.442. The first-order valence-electron chi connectivity index (χ1n) is 9.87. The number of aliphatic hydroxyl groups excluding tert-OH is 1. The van der Waals surface area contributed by atoms with E-state index in [1.807, 2.05) is 54.6 Å². The summed E-state index contributed by atoms with van der Waals surface area (Å²) in [5, 5.41) is 22.2. The predicted octanol–water partition coefficient (Wildman–Crippen LogP) is 2.92. The standard InChI is InChI=1S/C22H28N4O2S/c1-16(2)26-21(18-9-11-19(28-3)12-10-18)24-25-22(26)29-14-13-23-15-20(27)17-7-5-4-6-8-17/h4-12,16,20,23,27H,13-15H2,1-3H3/p+1/t20-/m0/s1. The molecule has 29 heavy (non-hydrogen) atoms. The summed E-state index contributed by atoms with van der Waals surface area (Å²) in [4.78, 5) is 0. The van der Waals surface area contributed by atoms with Crippen LogP contribution in [-0.2, 0) is 0 Å². The lowest BCUT2D eigenvalue weighted by Gasteiger charge is -2.14. The van der Waals surface area contributed by atoms with Crippen LogP contribution in [0.1, 0.15) is 31.6 Å². The first-order chi connectivity index (χ1) is 14.1. The van der Waals surface area contributed by atoms with Crippen molar-refractivity contribution >= 4 is 11.8 Å². The molecule has 0 aliphatic heterocycles. The van der Waals surface area contributed by atoms with Gasteiger partial charge in [0, 0.05) is 11.6 Å². The van der Waals surface area contributed by atoms with Crippen LogP contribution in [0.5, 0.6) is 5.75 Å². The van der Waals surface area contributed by atoms with Crippen molar-refractivity contribution in [3.05, 3.63) is 60.2 Å². The van der Waals surface area contributed by atoms with Crippen molar-refractivity contribution in [3.63, 3.8) is 0 Å². The molecule has 154 valence electrons. The maximum Gasteiger partial charge on any atom is 0.191 e. The highest BCUT2D eigenvalue weighted by atomic mass is 32.2. The molecular weight excluding hydrogens is 384 g/mol. The Morgan fingerprint density at radius 1 is 1.07 bits per heavy atom. The van der Waals surface area contributed by atoms with Crippen LogP contribution in [0.3, 0.4) is 0 Å². The molecule has 1 heterocycles. The predicted molar refractivity (Wildman–Crippen MR) is 116 cm³/mol. The second-order valence-electron chi connectivity index (χ2n) is 7.09. The van der Waals surface area contributed by atoms with Gasteiger partial charge in [0.2, 0.25) is 0 Å². The van der Waals surface area contributed by atoms with E-state index in [1.54, 1.807) is 18.9 Å². The number of benzene rings is 2. The van der Waals surface area contributed by atoms with E-state index in [2.05, 4.69) is 33.9 Å². The van der Waals surface area contributed by atoms with Crippen LogP contribution < -0.4 is 10.1 Å². The lowest BCUT2D eigenvalue weighted by molar-refractivity contribution is -0.657. The van der Waals surface area contributed by atoms with Crippen LogP contribution >= 0.6 is 11.8 Å². The van der Waals surface area contributed by atoms with Crippen molar-refractivity contribution < 1.29 is 15.2 Å². The number of aromatic nitrogens is 3. The minimum Gasteiger partial charge on any atom is -0.497 e. The summed E-state index contributed by atoms with van der Waals surface area (Å²) in [6, 6.07) is 17.9. The lowest BCUT2D eigenvalue weighted by atomic mass is 10.1. The number of quaternary nitrogens is 1. The highest BCUT2D eigenvalue weighted by Crippen LogP contribution is 2.28. The van der Waals surface area contributed by atoms with Gasteiger partial charge in [-0.1, -0.05) is 42.1 Å². The third-order valence-corrected chi connectivity index (χ3v) is 5.63. The van der Waals surface area contributed by atoms with E-state index in [-0.39, 0.29) is 6.04 Å². The van der Waals surface area contributed by atoms with Crippen molar-refractivity contribution in [1.29, 1.82) is 0 Å². The Kier molecular flexibility index (Phi) is 7.69. The van der Waals surface area contributed by atoms with Crippen LogP contribution in [0.2, 0.25) is 0 Å². The van der Waals surface area contributed by atoms with Gasteiger partial charge in [-0.05, 0) is 43.7 Å². The minimum absolute atomic E-state index is 0.258. The van der Waals surface area contributed by atoms with E-state index in [0.29, 0.717) is 6.54 Å². The largest absolute Gasteiger partial charge is 0.497 e. The van der Waals surface area contributed by atoms with Crippen LogP contribution in [0, 0.1) is 0 Å². The molecule has 6 nitrogen and oxygen atoms in total. The normalized spacial score (nSPS) is 12.3. The zero-order valence-electron chi connectivity index (χ0n) is 17.2. The van der Waals surface area contributed by atoms with E-state index in [4.69, 9.17) is 4.74 Å². The number of nitrogens with two attached hydrogens (primary N) is 1. The fourth-order valence-corrected chi connectivity index (χ4v) is 4.10. The van der Waals surface area contributed by atoms with Crippen molar-refractivity contribution in [2.45, 2.75) is 31.1 Å². The molecule has 0 radical (unpaired) electrons. The number of ether oxygens (including phenoxy) is 1. The van der Waals surface area contributed by atoms with Gasteiger partial charge in [0.25, 0.3) is 0 Å². The first kappa shape index (κ1) is 21.4. The number of nitrogens with zero attached hydrogens (tertiary/aromatic N) is 3.